The Balaban J connectivity index is 2.82. The molecule has 0 spiro atoms. The molecule has 4 nitrogen and oxygen atoms in total. The van der Waals surface area contributed by atoms with E-state index in [0.29, 0.717) is 0 Å². The molecular formula is C7H5F3O4. The van der Waals surface area contributed by atoms with Gasteiger partial charge in [0, 0.05) is 0 Å². The highest BCUT2D eigenvalue weighted by Gasteiger charge is 2.64. The highest BCUT2D eigenvalue weighted by Crippen LogP contribution is 2.38. The zero-order valence-corrected chi connectivity index (χ0v) is 6.76. The van der Waals surface area contributed by atoms with Crippen molar-refractivity contribution >= 4 is 6.16 Å². The molecule has 0 aromatic carbocycles. The Kier molecular flexibility index (Phi) is 2.57. The molecule has 0 radical (unpaired) electrons. The zero-order valence-electron chi connectivity index (χ0n) is 6.76. The number of carbonyl (C=O) groups excluding carboxylic acids is 1. The van der Waals surface area contributed by atoms with Crippen molar-refractivity contribution in [3.63, 3.8) is 0 Å². The number of cyclic esters (lactones) is 2. The number of carbonyl (C=O) groups is 1. The number of ether oxygens (including phenoxy) is 3. The molecule has 0 amide bonds. The lowest BCUT2D eigenvalue weighted by Gasteiger charge is -2.26. The van der Waals surface area contributed by atoms with E-state index in [1.54, 1.807) is 0 Å². The number of halogens is 3. The van der Waals surface area contributed by atoms with E-state index < -0.39 is 31.3 Å². The number of rotatable bonds is 2. The molecular weight excluding hydrogens is 205 g/mol. The van der Waals surface area contributed by atoms with Gasteiger partial charge in [-0.25, -0.2) is 4.79 Å². The fourth-order valence-electron chi connectivity index (χ4n) is 0.798. The third-order valence-electron chi connectivity index (χ3n) is 1.45. The van der Waals surface area contributed by atoms with Crippen LogP contribution in [0.15, 0.2) is 0 Å². The lowest BCUT2D eigenvalue weighted by atomic mass is 10.3. The van der Waals surface area contributed by atoms with Crippen LogP contribution < -0.4 is 0 Å². The Labute approximate surface area is 76.9 Å². The second-order valence-electron chi connectivity index (χ2n) is 2.38. The van der Waals surface area contributed by atoms with E-state index in [2.05, 4.69) is 14.2 Å². The monoisotopic (exact) mass is 210 g/mol. The molecule has 1 unspecified atom stereocenters. The molecule has 1 heterocycles. The van der Waals surface area contributed by atoms with Gasteiger partial charge in [0.2, 0.25) is 0 Å². The summed E-state index contributed by atoms with van der Waals surface area (Å²) in [6.45, 7) is -1.67. The van der Waals surface area contributed by atoms with Gasteiger partial charge in [0.15, 0.2) is 6.61 Å². The largest absolute Gasteiger partial charge is 0.511 e. The van der Waals surface area contributed by atoms with Crippen molar-refractivity contribution < 1.29 is 32.2 Å². The Hall–Kier alpha value is -1.42. The van der Waals surface area contributed by atoms with Gasteiger partial charge in [-0.05, 0) is 0 Å². The van der Waals surface area contributed by atoms with Crippen molar-refractivity contribution in [1.29, 1.82) is 0 Å². The first-order chi connectivity index (χ1) is 6.41. The molecule has 0 saturated carbocycles. The van der Waals surface area contributed by atoms with Crippen LogP contribution in [0.1, 0.15) is 0 Å². The standard InChI is InChI=1S/C7H5F3O4/c1-2-3-13-6(7(8,9)10)4-12-5(11)14-6/h1H,3-4H2. The van der Waals surface area contributed by atoms with Crippen LogP contribution in [0, 0.1) is 12.3 Å². The van der Waals surface area contributed by atoms with Gasteiger partial charge < -0.3 is 14.2 Å². The highest BCUT2D eigenvalue weighted by atomic mass is 19.4. The predicted octanol–water partition coefficient (Wildman–Crippen LogP) is 1.06. The molecule has 1 rings (SSSR count). The van der Waals surface area contributed by atoms with Gasteiger partial charge in [-0.1, -0.05) is 5.92 Å². The normalized spacial score (nSPS) is 26.6. The van der Waals surface area contributed by atoms with E-state index in [9.17, 15) is 18.0 Å². The van der Waals surface area contributed by atoms with Crippen LogP contribution in [0.25, 0.3) is 0 Å². The number of terminal acetylenes is 1. The summed E-state index contributed by atoms with van der Waals surface area (Å²) in [5.41, 5.74) is 0. The first-order valence-electron chi connectivity index (χ1n) is 3.41. The Bertz CT molecular complexity index is 280. The van der Waals surface area contributed by atoms with Crippen LogP contribution in [-0.4, -0.2) is 31.3 Å². The molecule has 0 aliphatic carbocycles. The highest BCUT2D eigenvalue weighted by molar-refractivity contribution is 5.62. The first-order valence-corrected chi connectivity index (χ1v) is 3.41. The quantitative estimate of drug-likeness (QED) is 0.505. The Morgan fingerprint density at radius 3 is 2.64 bits per heavy atom. The number of alkyl halides is 3. The summed E-state index contributed by atoms with van der Waals surface area (Å²) in [7, 11) is 0. The van der Waals surface area contributed by atoms with E-state index in [1.807, 2.05) is 5.92 Å². The molecule has 1 aliphatic heterocycles. The van der Waals surface area contributed by atoms with Crippen LogP contribution in [0.4, 0.5) is 18.0 Å². The SMILES string of the molecule is C#CCOC1(C(F)(F)F)COC(=O)O1. The first kappa shape index (κ1) is 10.7. The molecule has 78 valence electrons. The summed E-state index contributed by atoms with van der Waals surface area (Å²) in [5.74, 6) is -1.22. The minimum absolute atomic E-state index is 0.629. The maximum atomic E-state index is 12.4. The van der Waals surface area contributed by atoms with Gasteiger partial charge in [0.25, 0.3) is 0 Å². The second kappa shape index (κ2) is 3.38. The van der Waals surface area contributed by atoms with E-state index in [0.717, 1.165) is 0 Å². The van der Waals surface area contributed by atoms with Crippen LogP contribution in [-0.2, 0) is 14.2 Å². The number of hydrogen-bond donors (Lipinski definition) is 0. The summed E-state index contributed by atoms with van der Waals surface area (Å²) in [6.07, 6.45) is -1.59. The Morgan fingerprint density at radius 2 is 2.29 bits per heavy atom. The van der Waals surface area contributed by atoms with Crippen LogP contribution in [0.2, 0.25) is 0 Å². The molecule has 1 aliphatic rings. The van der Waals surface area contributed by atoms with E-state index >= 15 is 0 Å². The van der Waals surface area contributed by atoms with Crippen molar-refractivity contribution in [3.05, 3.63) is 0 Å². The third-order valence-corrected chi connectivity index (χ3v) is 1.45. The molecule has 1 saturated heterocycles. The summed E-state index contributed by atoms with van der Waals surface area (Å²) in [4.78, 5) is 10.4. The lowest BCUT2D eigenvalue weighted by Crippen LogP contribution is -2.50. The summed E-state index contributed by atoms with van der Waals surface area (Å²) in [6, 6.07) is 0. The van der Waals surface area contributed by atoms with Gasteiger partial charge in [-0.3, -0.25) is 0 Å². The topological polar surface area (TPSA) is 44.8 Å². The van der Waals surface area contributed by atoms with Crippen molar-refractivity contribution in [1.82, 2.24) is 0 Å². The maximum absolute atomic E-state index is 12.4. The van der Waals surface area contributed by atoms with E-state index in [4.69, 9.17) is 6.42 Å². The van der Waals surface area contributed by atoms with Crippen molar-refractivity contribution in [2.75, 3.05) is 13.2 Å². The van der Waals surface area contributed by atoms with Crippen LogP contribution in [0.5, 0.6) is 0 Å². The maximum Gasteiger partial charge on any atom is 0.511 e. The van der Waals surface area contributed by atoms with Gasteiger partial charge >= 0.3 is 18.1 Å². The Morgan fingerprint density at radius 1 is 1.64 bits per heavy atom. The predicted molar refractivity (Wildman–Crippen MR) is 36.0 cm³/mol. The van der Waals surface area contributed by atoms with Gasteiger partial charge in [0.05, 0.1) is 0 Å². The third kappa shape index (κ3) is 1.75. The van der Waals surface area contributed by atoms with Crippen LogP contribution >= 0.6 is 0 Å². The molecule has 0 bridgehead atoms. The number of hydrogen-bond acceptors (Lipinski definition) is 4. The van der Waals surface area contributed by atoms with Crippen molar-refractivity contribution in [2.45, 2.75) is 12.0 Å². The van der Waals surface area contributed by atoms with Crippen molar-refractivity contribution in [2.24, 2.45) is 0 Å². The minimum Gasteiger partial charge on any atom is -0.427 e. The average molecular weight is 210 g/mol. The molecule has 0 N–H and O–H groups in total. The van der Waals surface area contributed by atoms with Gasteiger partial charge in [-0.2, -0.15) is 13.2 Å². The summed E-state index contributed by atoms with van der Waals surface area (Å²) >= 11 is 0. The zero-order chi connectivity index (χ0) is 10.8. The van der Waals surface area contributed by atoms with E-state index in [-0.39, 0.29) is 0 Å². The minimum atomic E-state index is -4.88. The van der Waals surface area contributed by atoms with Gasteiger partial charge in [0.1, 0.15) is 6.61 Å². The van der Waals surface area contributed by atoms with Crippen molar-refractivity contribution in [3.8, 4) is 12.3 Å². The fraction of sp³-hybridized carbons (Fsp3) is 0.571. The molecule has 0 aromatic rings. The summed E-state index contributed by atoms with van der Waals surface area (Å²) < 4.78 is 49.3. The molecule has 14 heavy (non-hydrogen) atoms. The van der Waals surface area contributed by atoms with Crippen LogP contribution in [0.3, 0.4) is 0 Å². The average Bonchev–Trinajstić information content (AvgIpc) is 2.44. The second-order valence-corrected chi connectivity index (χ2v) is 2.38. The smallest absolute Gasteiger partial charge is 0.427 e. The molecule has 0 aromatic heterocycles. The fourth-order valence-corrected chi connectivity index (χ4v) is 0.798. The van der Waals surface area contributed by atoms with Gasteiger partial charge in [-0.15, -0.1) is 6.42 Å². The molecule has 1 atom stereocenters. The molecule has 7 heteroatoms. The molecule has 1 fully saturated rings. The van der Waals surface area contributed by atoms with E-state index in [1.165, 1.54) is 0 Å². The summed E-state index contributed by atoms with van der Waals surface area (Å²) in [5, 5.41) is 0. The lowest BCUT2D eigenvalue weighted by molar-refractivity contribution is -0.346.